The lowest BCUT2D eigenvalue weighted by molar-refractivity contribution is 0.607. The second kappa shape index (κ2) is 3.22. The molecule has 0 spiro atoms. The van der Waals surface area contributed by atoms with E-state index in [2.05, 4.69) is 4.98 Å². The molecule has 0 radical (unpaired) electrons. The van der Waals surface area contributed by atoms with Crippen molar-refractivity contribution in [2.24, 2.45) is 0 Å². The van der Waals surface area contributed by atoms with Crippen molar-refractivity contribution in [3.05, 3.63) is 36.5 Å². The molecule has 0 bridgehead atoms. The van der Waals surface area contributed by atoms with Gasteiger partial charge in [-0.2, -0.15) is 0 Å². The smallest absolute Gasteiger partial charge is 0.243 e. The van der Waals surface area contributed by atoms with Gasteiger partial charge in [0, 0.05) is 22.3 Å². The van der Waals surface area contributed by atoms with Gasteiger partial charge in [-0.1, -0.05) is 24.3 Å². The summed E-state index contributed by atoms with van der Waals surface area (Å²) in [6.45, 7) is 0. The lowest BCUT2D eigenvalue weighted by atomic mass is 10.2. The van der Waals surface area contributed by atoms with Crippen LogP contribution in [0.5, 0.6) is 0 Å². The first-order valence-electron chi connectivity index (χ1n) is 3.87. The van der Waals surface area contributed by atoms with Crippen LogP contribution in [-0.4, -0.2) is 13.4 Å². The van der Waals surface area contributed by atoms with Gasteiger partial charge in [-0.05, 0) is 11.5 Å². The Morgan fingerprint density at radius 3 is 2.57 bits per heavy atom. The Bertz CT molecular complexity index is 575. The topological polar surface area (TPSA) is 47.0 Å². The molecule has 1 aromatic heterocycles. The Balaban J connectivity index is 2.92. The van der Waals surface area contributed by atoms with Crippen molar-refractivity contribution in [3.63, 3.8) is 0 Å². The monoisotopic (exact) mass is 227 g/mol. The van der Waals surface area contributed by atoms with Crippen molar-refractivity contribution in [3.8, 4) is 0 Å². The van der Waals surface area contributed by atoms with Gasteiger partial charge in [0.25, 0.3) is 9.05 Å². The maximum Gasteiger partial charge on any atom is 0.279 e. The summed E-state index contributed by atoms with van der Waals surface area (Å²) in [5, 5.41) is 1.27. The highest BCUT2D eigenvalue weighted by Gasteiger charge is 2.14. The van der Waals surface area contributed by atoms with Crippen LogP contribution in [0.4, 0.5) is 0 Å². The molecule has 3 nitrogen and oxygen atoms in total. The van der Waals surface area contributed by atoms with Crippen LogP contribution in [0.2, 0.25) is 0 Å². The molecule has 0 fully saturated rings. The molecule has 0 amide bonds. The van der Waals surface area contributed by atoms with E-state index < -0.39 is 9.05 Å². The first-order chi connectivity index (χ1) is 6.59. The summed E-state index contributed by atoms with van der Waals surface area (Å²) in [4.78, 5) is 3.76. The highest BCUT2D eigenvalue weighted by molar-refractivity contribution is 8.13. The van der Waals surface area contributed by atoms with Crippen LogP contribution < -0.4 is 0 Å². The molecule has 2 aromatic rings. The van der Waals surface area contributed by atoms with E-state index in [-0.39, 0.29) is 5.03 Å². The number of benzene rings is 1. The minimum absolute atomic E-state index is 0.0859. The molecule has 0 aliphatic carbocycles. The molecule has 1 heterocycles. The van der Waals surface area contributed by atoms with E-state index in [0.717, 1.165) is 5.39 Å². The van der Waals surface area contributed by atoms with Crippen LogP contribution in [0, 0.1) is 0 Å². The highest BCUT2D eigenvalue weighted by atomic mass is 35.7. The zero-order valence-corrected chi connectivity index (χ0v) is 8.59. The third-order valence-corrected chi connectivity index (χ3v) is 3.09. The van der Waals surface area contributed by atoms with E-state index in [1.807, 2.05) is 12.1 Å². The van der Waals surface area contributed by atoms with Crippen molar-refractivity contribution in [1.29, 1.82) is 0 Å². The van der Waals surface area contributed by atoms with Crippen molar-refractivity contribution in [2.45, 2.75) is 5.03 Å². The summed E-state index contributed by atoms with van der Waals surface area (Å²) < 4.78 is 22.3. The highest BCUT2D eigenvalue weighted by Crippen LogP contribution is 2.22. The van der Waals surface area contributed by atoms with Gasteiger partial charge >= 0.3 is 0 Å². The Kier molecular flexibility index (Phi) is 2.17. The van der Waals surface area contributed by atoms with Crippen LogP contribution in [-0.2, 0) is 9.05 Å². The van der Waals surface area contributed by atoms with E-state index in [9.17, 15) is 8.42 Å². The van der Waals surface area contributed by atoms with Gasteiger partial charge < -0.3 is 0 Å². The molecule has 2 rings (SSSR count). The van der Waals surface area contributed by atoms with Gasteiger partial charge in [0.15, 0.2) is 5.03 Å². The number of halogens is 1. The normalized spacial score (nSPS) is 11.8. The Morgan fingerprint density at radius 1 is 1.14 bits per heavy atom. The van der Waals surface area contributed by atoms with Gasteiger partial charge in [-0.25, -0.2) is 13.4 Å². The van der Waals surface area contributed by atoms with Crippen molar-refractivity contribution < 1.29 is 8.42 Å². The lowest BCUT2D eigenvalue weighted by Crippen LogP contribution is -1.95. The third-order valence-electron chi connectivity index (χ3n) is 1.87. The number of fused-ring (bicyclic) bond motifs is 1. The molecule has 0 aliphatic rings. The maximum atomic E-state index is 11.1. The fourth-order valence-corrected chi connectivity index (χ4v) is 2.29. The minimum Gasteiger partial charge on any atom is -0.243 e. The van der Waals surface area contributed by atoms with Crippen LogP contribution in [0.25, 0.3) is 10.8 Å². The van der Waals surface area contributed by atoms with Gasteiger partial charge in [-0.3, -0.25) is 0 Å². The number of hydrogen-bond acceptors (Lipinski definition) is 3. The minimum atomic E-state index is -3.77. The lowest BCUT2D eigenvalue weighted by Gasteiger charge is -2.00. The summed E-state index contributed by atoms with van der Waals surface area (Å²) in [6, 6.07) is 8.80. The quantitative estimate of drug-likeness (QED) is 0.702. The zero-order chi connectivity index (χ0) is 10.2. The molecule has 0 unspecified atom stereocenters. The number of hydrogen-bond donors (Lipinski definition) is 0. The zero-order valence-electron chi connectivity index (χ0n) is 7.01. The van der Waals surface area contributed by atoms with Crippen LogP contribution in [0.3, 0.4) is 0 Å². The largest absolute Gasteiger partial charge is 0.279 e. The second-order valence-electron chi connectivity index (χ2n) is 2.78. The predicted molar refractivity (Wildman–Crippen MR) is 54.8 cm³/mol. The molecule has 0 aliphatic heterocycles. The number of nitrogens with zero attached hydrogens (tertiary/aromatic N) is 1. The van der Waals surface area contributed by atoms with Crippen molar-refractivity contribution in [2.75, 3.05) is 0 Å². The first-order valence-corrected chi connectivity index (χ1v) is 6.18. The standard InChI is InChI=1S/C9H6ClNO2S/c10-14(12,13)9-8-4-2-1-3-7(8)5-6-11-9/h1-6H. The van der Waals surface area contributed by atoms with Crippen LogP contribution >= 0.6 is 10.7 Å². The van der Waals surface area contributed by atoms with E-state index >= 15 is 0 Å². The summed E-state index contributed by atoms with van der Waals surface area (Å²) in [6.07, 6.45) is 1.43. The summed E-state index contributed by atoms with van der Waals surface area (Å²) in [7, 11) is 1.48. The maximum absolute atomic E-state index is 11.1. The molecular weight excluding hydrogens is 222 g/mol. The number of rotatable bonds is 1. The van der Waals surface area contributed by atoms with E-state index in [4.69, 9.17) is 10.7 Å². The fraction of sp³-hybridized carbons (Fsp3) is 0. The van der Waals surface area contributed by atoms with Gasteiger partial charge in [0.2, 0.25) is 0 Å². The first kappa shape index (κ1) is 9.43. The van der Waals surface area contributed by atoms with Crippen molar-refractivity contribution >= 4 is 30.5 Å². The van der Waals surface area contributed by atoms with Gasteiger partial charge in [-0.15, -0.1) is 0 Å². The predicted octanol–water partition coefficient (Wildman–Crippen LogP) is 2.16. The van der Waals surface area contributed by atoms with Crippen molar-refractivity contribution in [1.82, 2.24) is 4.98 Å². The summed E-state index contributed by atoms with van der Waals surface area (Å²) in [5.74, 6) is 0. The van der Waals surface area contributed by atoms with E-state index in [1.165, 1.54) is 6.20 Å². The second-order valence-corrected chi connectivity index (χ2v) is 5.26. The molecule has 72 valence electrons. The summed E-state index contributed by atoms with van der Waals surface area (Å²) in [5.41, 5.74) is 0. The third kappa shape index (κ3) is 1.58. The van der Waals surface area contributed by atoms with E-state index in [1.54, 1.807) is 18.2 Å². The number of aromatic nitrogens is 1. The fourth-order valence-electron chi connectivity index (χ4n) is 1.29. The molecular formula is C9H6ClNO2S. The molecule has 0 atom stereocenters. The molecule has 1 aromatic carbocycles. The SMILES string of the molecule is O=S(=O)(Cl)c1nccc2ccccc12. The van der Waals surface area contributed by atoms with Gasteiger partial charge in [0.05, 0.1) is 0 Å². The molecule has 14 heavy (non-hydrogen) atoms. The molecule has 5 heteroatoms. The van der Waals surface area contributed by atoms with Gasteiger partial charge in [0.1, 0.15) is 0 Å². The average Bonchev–Trinajstić information content (AvgIpc) is 2.15. The molecule has 0 N–H and O–H groups in total. The molecule has 0 saturated heterocycles. The number of pyridine rings is 1. The van der Waals surface area contributed by atoms with Crippen LogP contribution in [0.15, 0.2) is 41.6 Å². The average molecular weight is 228 g/mol. The van der Waals surface area contributed by atoms with Crippen LogP contribution in [0.1, 0.15) is 0 Å². The van der Waals surface area contributed by atoms with E-state index in [0.29, 0.717) is 5.39 Å². The Morgan fingerprint density at radius 2 is 1.86 bits per heavy atom. The Labute approximate surface area is 85.8 Å². The Hall–Kier alpha value is -1.13. The summed E-state index contributed by atoms with van der Waals surface area (Å²) >= 11 is 0. The molecule has 0 saturated carbocycles.